The van der Waals surface area contributed by atoms with Crippen molar-refractivity contribution in [2.24, 2.45) is 0 Å². The van der Waals surface area contributed by atoms with Crippen molar-refractivity contribution in [2.45, 2.75) is 5.41 Å². The molecule has 1 aliphatic rings. The Morgan fingerprint density at radius 1 is 0.476 bits per heavy atom. The van der Waals surface area contributed by atoms with Crippen molar-refractivity contribution in [2.75, 3.05) is 0 Å². The topological polar surface area (TPSA) is 17.8 Å². The molecule has 0 N–H and O–H groups in total. The molecule has 9 rings (SSSR count). The Balaban J connectivity index is 1.42. The number of rotatable bonds is 3. The van der Waals surface area contributed by atoms with Crippen LogP contribution in [0, 0.1) is 0 Å². The second kappa shape index (κ2) is 8.76. The molecule has 2 nitrogen and oxygen atoms in total. The van der Waals surface area contributed by atoms with Gasteiger partial charge in [-0.1, -0.05) is 121 Å². The molecule has 42 heavy (non-hydrogen) atoms. The Kier molecular flexibility index (Phi) is 4.85. The SMILES string of the molecule is c1ccc(-n2c3ccccc3c3nc4cc5c(cc4cc32)-c2ccccc2C5(c2ccccc2)c2ccccc2)cc1. The molecule has 0 atom stereocenters. The van der Waals surface area contributed by atoms with Gasteiger partial charge in [-0.2, -0.15) is 0 Å². The lowest BCUT2D eigenvalue weighted by atomic mass is 9.67. The first-order valence-corrected chi connectivity index (χ1v) is 14.5. The summed E-state index contributed by atoms with van der Waals surface area (Å²) in [5.74, 6) is 0. The van der Waals surface area contributed by atoms with Gasteiger partial charge in [-0.05, 0) is 69.8 Å². The van der Waals surface area contributed by atoms with E-state index in [0.717, 1.165) is 27.6 Å². The molecule has 0 spiro atoms. The molecule has 0 aliphatic heterocycles. The number of aromatic nitrogens is 2. The van der Waals surface area contributed by atoms with E-state index in [1.165, 1.54) is 44.3 Å². The molecule has 196 valence electrons. The average Bonchev–Trinajstić information content (AvgIpc) is 3.54. The zero-order chi connectivity index (χ0) is 27.7. The summed E-state index contributed by atoms with van der Waals surface area (Å²) in [6, 6.07) is 57.1. The van der Waals surface area contributed by atoms with E-state index < -0.39 is 5.41 Å². The van der Waals surface area contributed by atoms with E-state index in [2.05, 4.69) is 162 Å². The van der Waals surface area contributed by atoms with Crippen LogP contribution in [-0.2, 0) is 5.41 Å². The minimum absolute atomic E-state index is 0.433. The van der Waals surface area contributed by atoms with Crippen LogP contribution in [0.4, 0.5) is 0 Å². The van der Waals surface area contributed by atoms with Crippen molar-refractivity contribution in [1.29, 1.82) is 0 Å². The van der Waals surface area contributed by atoms with Gasteiger partial charge in [0.05, 0.1) is 27.5 Å². The van der Waals surface area contributed by atoms with Crippen LogP contribution in [0.15, 0.2) is 158 Å². The summed E-state index contributed by atoms with van der Waals surface area (Å²) >= 11 is 0. The fourth-order valence-electron chi connectivity index (χ4n) is 7.32. The molecular formula is C40H26N2. The van der Waals surface area contributed by atoms with Gasteiger partial charge in [0, 0.05) is 16.5 Å². The molecule has 0 unspecified atom stereocenters. The summed E-state index contributed by atoms with van der Waals surface area (Å²) in [5.41, 5.74) is 12.7. The Bertz CT molecular complexity index is 2240. The van der Waals surface area contributed by atoms with Crippen LogP contribution in [0.1, 0.15) is 22.3 Å². The molecule has 2 aromatic heterocycles. The monoisotopic (exact) mass is 534 g/mol. The molecule has 6 aromatic carbocycles. The third-order valence-corrected chi connectivity index (χ3v) is 9.03. The van der Waals surface area contributed by atoms with Gasteiger partial charge in [0.25, 0.3) is 0 Å². The van der Waals surface area contributed by atoms with Crippen LogP contribution in [0.5, 0.6) is 0 Å². The lowest BCUT2D eigenvalue weighted by Gasteiger charge is -2.33. The standard InChI is InChI=1S/C40H26N2/c1-4-14-28(15-5-1)40(29-16-6-2-7-17-29)34-22-12-10-20-31(34)33-24-27-25-38-39(41-36(27)26-35(33)40)32-21-11-13-23-37(32)42(38)30-18-8-3-9-19-30/h1-26H. The van der Waals surface area contributed by atoms with Gasteiger partial charge in [-0.15, -0.1) is 0 Å². The summed E-state index contributed by atoms with van der Waals surface area (Å²) in [4.78, 5) is 5.42. The first-order valence-electron chi connectivity index (χ1n) is 14.5. The van der Waals surface area contributed by atoms with Crippen LogP contribution in [0.2, 0.25) is 0 Å². The van der Waals surface area contributed by atoms with Crippen LogP contribution >= 0.6 is 0 Å². The van der Waals surface area contributed by atoms with Crippen LogP contribution in [0.3, 0.4) is 0 Å². The summed E-state index contributed by atoms with van der Waals surface area (Å²) in [7, 11) is 0. The number of hydrogen-bond acceptors (Lipinski definition) is 1. The molecule has 0 saturated heterocycles. The lowest BCUT2D eigenvalue weighted by molar-refractivity contribution is 0.769. The molecular weight excluding hydrogens is 508 g/mol. The fourth-order valence-corrected chi connectivity index (χ4v) is 7.32. The molecule has 0 radical (unpaired) electrons. The maximum atomic E-state index is 5.42. The molecule has 0 fully saturated rings. The Morgan fingerprint density at radius 3 is 1.83 bits per heavy atom. The maximum Gasteiger partial charge on any atom is 0.0971 e. The van der Waals surface area contributed by atoms with Crippen molar-refractivity contribution in [3.8, 4) is 16.8 Å². The highest BCUT2D eigenvalue weighted by Crippen LogP contribution is 2.56. The molecule has 2 heterocycles. The van der Waals surface area contributed by atoms with E-state index >= 15 is 0 Å². The molecule has 8 aromatic rings. The van der Waals surface area contributed by atoms with Gasteiger partial charge in [-0.25, -0.2) is 4.98 Å². The second-order valence-corrected chi connectivity index (χ2v) is 11.2. The van der Waals surface area contributed by atoms with Gasteiger partial charge in [-0.3, -0.25) is 0 Å². The van der Waals surface area contributed by atoms with Crippen molar-refractivity contribution >= 4 is 32.8 Å². The number of benzene rings is 6. The highest BCUT2D eigenvalue weighted by atomic mass is 15.0. The Hall–Kier alpha value is -5.47. The van der Waals surface area contributed by atoms with E-state index in [4.69, 9.17) is 4.98 Å². The maximum absolute atomic E-state index is 5.42. The van der Waals surface area contributed by atoms with Crippen molar-refractivity contribution < 1.29 is 0 Å². The van der Waals surface area contributed by atoms with Crippen molar-refractivity contribution in [3.05, 3.63) is 180 Å². The van der Waals surface area contributed by atoms with Crippen LogP contribution in [-0.4, -0.2) is 9.55 Å². The van der Waals surface area contributed by atoms with E-state index in [9.17, 15) is 0 Å². The van der Waals surface area contributed by atoms with Crippen LogP contribution < -0.4 is 0 Å². The Labute approximate surface area is 244 Å². The number of para-hydroxylation sites is 2. The molecule has 0 saturated carbocycles. The van der Waals surface area contributed by atoms with Crippen molar-refractivity contribution in [1.82, 2.24) is 9.55 Å². The zero-order valence-corrected chi connectivity index (χ0v) is 22.9. The Morgan fingerprint density at radius 2 is 1.10 bits per heavy atom. The van der Waals surface area contributed by atoms with Gasteiger partial charge >= 0.3 is 0 Å². The molecule has 2 heteroatoms. The molecule has 0 amide bonds. The molecule has 0 bridgehead atoms. The number of fused-ring (bicyclic) bond motifs is 7. The third-order valence-electron chi connectivity index (χ3n) is 9.03. The first kappa shape index (κ1) is 23.3. The first-order chi connectivity index (χ1) is 20.8. The number of hydrogen-bond donors (Lipinski definition) is 0. The van der Waals surface area contributed by atoms with Gasteiger partial charge < -0.3 is 4.57 Å². The smallest absolute Gasteiger partial charge is 0.0971 e. The lowest BCUT2D eigenvalue weighted by Crippen LogP contribution is -2.28. The molecule has 1 aliphatic carbocycles. The summed E-state index contributed by atoms with van der Waals surface area (Å²) in [6.45, 7) is 0. The quantitative estimate of drug-likeness (QED) is 0.221. The largest absolute Gasteiger partial charge is 0.308 e. The highest BCUT2D eigenvalue weighted by Gasteiger charge is 2.46. The third kappa shape index (κ3) is 3.07. The van der Waals surface area contributed by atoms with E-state index in [1.54, 1.807) is 0 Å². The summed E-state index contributed by atoms with van der Waals surface area (Å²) in [6.07, 6.45) is 0. The highest BCUT2D eigenvalue weighted by molar-refractivity contribution is 6.11. The van der Waals surface area contributed by atoms with Gasteiger partial charge in [0.1, 0.15) is 0 Å². The van der Waals surface area contributed by atoms with Gasteiger partial charge in [0.15, 0.2) is 0 Å². The summed E-state index contributed by atoms with van der Waals surface area (Å²) < 4.78 is 2.34. The average molecular weight is 535 g/mol. The minimum Gasteiger partial charge on any atom is -0.308 e. The summed E-state index contributed by atoms with van der Waals surface area (Å²) in [5, 5.41) is 2.31. The fraction of sp³-hybridized carbons (Fsp3) is 0.0250. The predicted molar refractivity (Wildman–Crippen MR) is 173 cm³/mol. The second-order valence-electron chi connectivity index (χ2n) is 11.2. The number of pyridine rings is 1. The van der Waals surface area contributed by atoms with Crippen LogP contribution in [0.25, 0.3) is 49.7 Å². The predicted octanol–water partition coefficient (Wildman–Crippen LogP) is 9.69. The zero-order valence-electron chi connectivity index (χ0n) is 22.9. The van der Waals surface area contributed by atoms with E-state index in [1.807, 2.05) is 0 Å². The minimum atomic E-state index is -0.433. The van der Waals surface area contributed by atoms with Gasteiger partial charge in [0.2, 0.25) is 0 Å². The normalized spacial score (nSPS) is 13.4. The number of nitrogens with zero attached hydrogens (tertiary/aromatic N) is 2. The van der Waals surface area contributed by atoms with E-state index in [0.29, 0.717) is 0 Å². The van der Waals surface area contributed by atoms with E-state index in [-0.39, 0.29) is 0 Å². The van der Waals surface area contributed by atoms with Crippen molar-refractivity contribution in [3.63, 3.8) is 0 Å².